The van der Waals surface area contributed by atoms with Crippen LogP contribution in [0.1, 0.15) is 6.42 Å². The van der Waals surface area contributed by atoms with Crippen LogP contribution in [-0.4, -0.2) is 39.5 Å². The van der Waals surface area contributed by atoms with E-state index >= 15 is 0 Å². The Morgan fingerprint density at radius 2 is 1.72 bits per heavy atom. The highest BCUT2D eigenvalue weighted by Gasteiger charge is 1.92. The van der Waals surface area contributed by atoms with E-state index in [9.17, 15) is 8.42 Å². The van der Waals surface area contributed by atoms with Crippen LogP contribution in [0.5, 0.6) is 5.75 Å². The van der Waals surface area contributed by atoms with Crippen molar-refractivity contribution >= 4 is 15.8 Å². The summed E-state index contributed by atoms with van der Waals surface area (Å²) in [5.41, 5.74) is 6.28. The van der Waals surface area contributed by atoms with Crippen molar-refractivity contribution in [1.29, 1.82) is 0 Å². The van der Waals surface area contributed by atoms with E-state index in [0.717, 1.165) is 24.5 Å². The Morgan fingerprint density at radius 1 is 1.22 bits per heavy atom. The lowest BCUT2D eigenvalue weighted by Gasteiger charge is -2.05. The number of nitrogen functional groups attached to an aromatic ring is 1. The molecule has 0 heterocycles. The smallest absolute Gasteiger partial charge is 0.261 e. The maximum atomic E-state index is 9.19. The van der Waals surface area contributed by atoms with Crippen LogP contribution in [0.3, 0.4) is 0 Å². The van der Waals surface area contributed by atoms with Gasteiger partial charge in [-0.05, 0) is 24.3 Å². The lowest BCUT2D eigenvalue weighted by molar-refractivity contribution is 0.172. The van der Waals surface area contributed by atoms with Gasteiger partial charge in [0.25, 0.3) is 10.1 Å². The van der Waals surface area contributed by atoms with Gasteiger partial charge in [-0.1, -0.05) is 0 Å². The molecular formula is C11H19NO5S. The molecule has 3 N–H and O–H groups in total. The molecule has 1 rings (SSSR count). The Morgan fingerprint density at radius 3 is 2.17 bits per heavy atom. The molecule has 0 aliphatic rings. The molecule has 6 nitrogen and oxygen atoms in total. The van der Waals surface area contributed by atoms with E-state index in [1.807, 2.05) is 24.3 Å². The highest BCUT2D eigenvalue weighted by Crippen LogP contribution is 2.12. The zero-order chi connectivity index (χ0) is 14.0. The summed E-state index contributed by atoms with van der Waals surface area (Å²) in [5, 5.41) is 0. The molecule has 1 aromatic carbocycles. The van der Waals surface area contributed by atoms with Gasteiger partial charge in [0.05, 0.1) is 12.9 Å². The summed E-state index contributed by atoms with van der Waals surface area (Å²) in [6, 6.07) is 7.38. The van der Waals surface area contributed by atoms with Gasteiger partial charge in [-0.2, -0.15) is 8.42 Å². The van der Waals surface area contributed by atoms with Gasteiger partial charge in [-0.3, -0.25) is 4.55 Å². The molecule has 0 aliphatic heterocycles. The van der Waals surface area contributed by atoms with Gasteiger partial charge in [-0.25, -0.2) is 0 Å². The van der Waals surface area contributed by atoms with Crippen LogP contribution >= 0.6 is 0 Å². The fraction of sp³-hybridized carbons (Fsp3) is 0.455. The summed E-state index contributed by atoms with van der Waals surface area (Å²) < 4.78 is 36.2. The predicted molar refractivity (Wildman–Crippen MR) is 70.3 cm³/mol. The molecule has 7 heteroatoms. The first-order valence-corrected chi connectivity index (χ1v) is 7.07. The average Bonchev–Trinajstić information content (AvgIpc) is 2.25. The summed E-state index contributed by atoms with van der Waals surface area (Å²) in [6.07, 6.45) is 1.62. The second kappa shape index (κ2) is 8.73. The van der Waals surface area contributed by atoms with Crippen molar-refractivity contribution in [1.82, 2.24) is 0 Å². The normalized spacial score (nSPS) is 10.4. The van der Waals surface area contributed by atoms with E-state index < -0.39 is 10.1 Å². The SMILES string of the molecule is COCCCOc1ccc(N)cc1.CS(=O)(=O)O. The predicted octanol–water partition coefficient (Wildman–Crippen LogP) is 1.19. The molecule has 0 aromatic heterocycles. The van der Waals surface area contributed by atoms with Gasteiger partial charge in [0.1, 0.15) is 5.75 Å². The number of anilines is 1. The van der Waals surface area contributed by atoms with Crippen LogP contribution in [0.4, 0.5) is 5.69 Å². The largest absolute Gasteiger partial charge is 0.494 e. The lowest BCUT2D eigenvalue weighted by atomic mass is 10.3. The van der Waals surface area contributed by atoms with Crippen LogP contribution < -0.4 is 10.5 Å². The van der Waals surface area contributed by atoms with Crippen molar-refractivity contribution in [3.8, 4) is 5.75 Å². The Kier molecular flexibility index (Phi) is 8.10. The van der Waals surface area contributed by atoms with Crippen LogP contribution in [-0.2, 0) is 14.9 Å². The Labute approximate surface area is 107 Å². The number of methoxy groups -OCH3 is 1. The minimum atomic E-state index is -3.67. The number of nitrogens with two attached hydrogens (primary N) is 1. The quantitative estimate of drug-likeness (QED) is 0.476. The standard InChI is InChI=1S/C10H15NO2.CH4O3S/c1-12-7-2-8-13-10-5-3-9(11)4-6-10;1-5(2,3)4/h3-6H,2,7-8,11H2,1H3;1H3,(H,2,3,4). The summed E-state index contributed by atoms with van der Waals surface area (Å²) >= 11 is 0. The van der Waals surface area contributed by atoms with Crippen molar-refractivity contribution in [2.75, 3.05) is 32.3 Å². The first-order chi connectivity index (χ1) is 8.33. The Bertz CT molecular complexity index is 408. The van der Waals surface area contributed by atoms with E-state index in [1.54, 1.807) is 7.11 Å². The van der Waals surface area contributed by atoms with Gasteiger partial charge in [0.15, 0.2) is 0 Å². The third-order valence-corrected chi connectivity index (χ3v) is 1.64. The van der Waals surface area contributed by atoms with Crippen LogP contribution in [0.2, 0.25) is 0 Å². The summed E-state index contributed by atoms with van der Waals surface area (Å²) in [4.78, 5) is 0. The molecular weight excluding hydrogens is 258 g/mol. The number of ether oxygens (including phenoxy) is 2. The first kappa shape index (κ1) is 16.7. The van der Waals surface area contributed by atoms with E-state index in [0.29, 0.717) is 12.9 Å². The zero-order valence-corrected chi connectivity index (χ0v) is 11.3. The highest BCUT2D eigenvalue weighted by molar-refractivity contribution is 7.85. The van der Waals surface area contributed by atoms with E-state index in [2.05, 4.69) is 0 Å². The van der Waals surface area contributed by atoms with Crippen LogP contribution in [0.25, 0.3) is 0 Å². The number of benzene rings is 1. The molecule has 0 radical (unpaired) electrons. The third-order valence-electron chi connectivity index (χ3n) is 1.64. The molecule has 0 saturated carbocycles. The first-order valence-electron chi connectivity index (χ1n) is 5.22. The third kappa shape index (κ3) is 12.8. The van der Waals surface area contributed by atoms with Crippen molar-refractivity contribution in [2.24, 2.45) is 0 Å². The molecule has 0 atom stereocenters. The summed E-state index contributed by atoms with van der Waals surface area (Å²) in [5.74, 6) is 0.852. The van der Waals surface area contributed by atoms with Gasteiger partial charge >= 0.3 is 0 Å². The van der Waals surface area contributed by atoms with Gasteiger partial charge in [0, 0.05) is 25.8 Å². The molecule has 0 aliphatic carbocycles. The number of hydrogen-bond acceptors (Lipinski definition) is 5. The Balaban J connectivity index is 0.000000494. The molecule has 0 bridgehead atoms. The van der Waals surface area contributed by atoms with Crippen molar-refractivity contribution in [2.45, 2.75) is 6.42 Å². The van der Waals surface area contributed by atoms with Gasteiger partial charge in [0.2, 0.25) is 0 Å². The topological polar surface area (TPSA) is 98.9 Å². The molecule has 1 aromatic rings. The number of hydrogen-bond donors (Lipinski definition) is 2. The maximum Gasteiger partial charge on any atom is 0.261 e. The average molecular weight is 277 g/mol. The molecule has 0 fully saturated rings. The maximum absolute atomic E-state index is 9.19. The summed E-state index contributed by atoms with van der Waals surface area (Å²) in [6.45, 7) is 1.41. The van der Waals surface area contributed by atoms with Crippen LogP contribution in [0, 0.1) is 0 Å². The molecule has 0 spiro atoms. The van der Waals surface area contributed by atoms with Crippen molar-refractivity contribution in [3.05, 3.63) is 24.3 Å². The fourth-order valence-electron chi connectivity index (χ4n) is 0.957. The minimum Gasteiger partial charge on any atom is -0.494 e. The molecule has 0 unspecified atom stereocenters. The molecule has 0 amide bonds. The van der Waals surface area contributed by atoms with E-state index in [4.69, 9.17) is 19.8 Å². The molecule has 18 heavy (non-hydrogen) atoms. The summed E-state index contributed by atoms with van der Waals surface area (Å²) in [7, 11) is -1.98. The Hall–Kier alpha value is -1.31. The van der Waals surface area contributed by atoms with Gasteiger partial charge in [-0.15, -0.1) is 0 Å². The fourth-order valence-corrected chi connectivity index (χ4v) is 0.957. The second-order valence-corrected chi connectivity index (χ2v) is 4.96. The van der Waals surface area contributed by atoms with E-state index in [1.165, 1.54) is 0 Å². The van der Waals surface area contributed by atoms with Crippen molar-refractivity contribution < 1.29 is 22.4 Å². The van der Waals surface area contributed by atoms with Gasteiger partial charge < -0.3 is 15.2 Å². The number of rotatable bonds is 5. The second-order valence-electron chi connectivity index (χ2n) is 3.50. The van der Waals surface area contributed by atoms with Crippen molar-refractivity contribution in [3.63, 3.8) is 0 Å². The zero-order valence-electron chi connectivity index (χ0n) is 10.5. The minimum absolute atomic E-state index is 0.678. The molecule has 104 valence electrons. The lowest BCUT2D eigenvalue weighted by Crippen LogP contribution is -2.01. The van der Waals surface area contributed by atoms with Crippen LogP contribution in [0.15, 0.2) is 24.3 Å². The highest BCUT2D eigenvalue weighted by atomic mass is 32.2. The molecule has 0 saturated heterocycles. The van der Waals surface area contributed by atoms with E-state index in [-0.39, 0.29) is 0 Å². The monoisotopic (exact) mass is 277 g/mol.